The van der Waals surface area contributed by atoms with E-state index in [4.69, 9.17) is 10.9 Å². The van der Waals surface area contributed by atoms with Crippen molar-refractivity contribution in [2.24, 2.45) is 5.84 Å². The Labute approximate surface area is 82.1 Å². The van der Waals surface area contributed by atoms with E-state index >= 15 is 0 Å². The number of nitrogens with two attached hydrogens (primary N) is 1. The molecule has 1 aromatic carbocycles. The summed E-state index contributed by atoms with van der Waals surface area (Å²) in [6, 6.07) is 3.42. The number of benzene rings is 1. The normalized spacial score (nSPS) is 11.4. The van der Waals surface area contributed by atoms with Crippen LogP contribution >= 0.6 is 11.8 Å². The monoisotopic (exact) mass is 224 g/mol. The van der Waals surface area contributed by atoms with Gasteiger partial charge in [0, 0.05) is 11.0 Å². The number of alkyl halides is 3. The van der Waals surface area contributed by atoms with Gasteiger partial charge < -0.3 is 10.5 Å². The smallest absolute Gasteiger partial charge is 0.446 e. The molecule has 0 amide bonds. The molecular weight excluding hydrogens is 217 g/mol. The van der Waals surface area contributed by atoms with Crippen LogP contribution in [0.2, 0.25) is 0 Å². The summed E-state index contributed by atoms with van der Waals surface area (Å²) >= 11 is -0.293. The molecule has 7 heteroatoms. The first-order valence-corrected chi connectivity index (χ1v) is 4.29. The topological polar surface area (TPSA) is 58.3 Å². The first-order chi connectivity index (χ1) is 6.42. The second-order valence-electron chi connectivity index (χ2n) is 2.37. The number of phenols is 1. The van der Waals surface area contributed by atoms with Gasteiger partial charge in [-0.25, -0.2) is 0 Å². The van der Waals surface area contributed by atoms with E-state index in [1.165, 1.54) is 0 Å². The molecule has 0 saturated heterocycles. The fraction of sp³-hybridized carbons (Fsp3) is 0.143. The van der Waals surface area contributed by atoms with Gasteiger partial charge in [-0.15, -0.1) is 0 Å². The lowest BCUT2D eigenvalue weighted by molar-refractivity contribution is -0.0327. The lowest BCUT2D eigenvalue weighted by atomic mass is 10.3. The molecule has 0 aromatic heterocycles. The Bertz CT molecular complexity index is 329. The maximum atomic E-state index is 12.0. The van der Waals surface area contributed by atoms with E-state index < -0.39 is 5.51 Å². The maximum Gasteiger partial charge on any atom is 0.446 e. The van der Waals surface area contributed by atoms with Crippen LogP contribution in [0.25, 0.3) is 0 Å². The molecule has 4 N–H and O–H groups in total. The SMILES string of the molecule is NNc1cc(O)ccc1SC(F)(F)F. The fourth-order valence-electron chi connectivity index (χ4n) is 0.844. The number of thioether (sulfide) groups is 1. The number of anilines is 1. The highest BCUT2D eigenvalue weighted by molar-refractivity contribution is 8.00. The number of aromatic hydroxyl groups is 1. The van der Waals surface area contributed by atoms with Gasteiger partial charge in [-0.3, -0.25) is 5.84 Å². The maximum absolute atomic E-state index is 12.0. The molecule has 0 spiro atoms. The number of hydrogen-bond acceptors (Lipinski definition) is 4. The van der Waals surface area contributed by atoms with Crippen molar-refractivity contribution in [3.05, 3.63) is 18.2 Å². The van der Waals surface area contributed by atoms with Crippen LogP contribution < -0.4 is 11.3 Å². The van der Waals surface area contributed by atoms with Crippen molar-refractivity contribution in [1.29, 1.82) is 0 Å². The molecule has 0 aliphatic carbocycles. The molecule has 0 bridgehead atoms. The Kier molecular flexibility index (Phi) is 3.12. The summed E-state index contributed by atoms with van der Waals surface area (Å²) < 4.78 is 36.0. The van der Waals surface area contributed by atoms with Crippen LogP contribution in [-0.2, 0) is 0 Å². The number of phenolic OH excluding ortho intramolecular Hbond substituents is 1. The third-order valence-corrected chi connectivity index (χ3v) is 2.15. The molecular formula is C7H7F3N2OS. The lowest BCUT2D eigenvalue weighted by Gasteiger charge is -2.10. The van der Waals surface area contributed by atoms with E-state index in [9.17, 15) is 13.2 Å². The molecule has 1 rings (SSSR count). The van der Waals surface area contributed by atoms with Crippen LogP contribution in [-0.4, -0.2) is 10.6 Å². The first-order valence-electron chi connectivity index (χ1n) is 3.48. The number of rotatable bonds is 2. The largest absolute Gasteiger partial charge is 0.508 e. The van der Waals surface area contributed by atoms with Gasteiger partial charge in [-0.05, 0) is 23.9 Å². The minimum absolute atomic E-state index is 0.0346. The molecule has 78 valence electrons. The summed E-state index contributed by atoms with van der Waals surface area (Å²) in [7, 11) is 0. The lowest BCUT2D eigenvalue weighted by Crippen LogP contribution is -2.09. The van der Waals surface area contributed by atoms with Crippen molar-refractivity contribution in [1.82, 2.24) is 0 Å². The highest BCUT2D eigenvalue weighted by Crippen LogP contribution is 2.41. The predicted molar refractivity (Wildman–Crippen MR) is 47.8 cm³/mol. The van der Waals surface area contributed by atoms with Crippen molar-refractivity contribution in [3.63, 3.8) is 0 Å². The molecule has 0 fully saturated rings. The van der Waals surface area contributed by atoms with Crippen molar-refractivity contribution in [3.8, 4) is 5.75 Å². The fourth-order valence-corrected chi connectivity index (χ4v) is 1.46. The molecule has 3 nitrogen and oxygen atoms in total. The Balaban J connectivity index is 2.97. The molecule has 1 aromatic rings. The van der Waals surface area contributed by atoms with Gasteiger partial charge in [0.25, 0.3) is 0 Å². The Morgan fingerprint density at radius 1 is 1.36 bits per heavy atom. The van der Waals surface area contributed by atoms with Gasteiger partial charge in [0.05, 0.1) is 5.69 Å². The number of nitrogen functional groups attached to an aromatic ring is 1. The quantitative estimate of drug-likeness (QED) is 0.410. The highest BCUT2D eigenvalue weighted by atomic mass is 32.2. The number of halogens is 3. The second-order valence-corrected chi connectivity index (χ2v) is 3.48. The van der Waals surface area contributed by atoms with Crippen molar-refractivity contribution in [2.75, 3.05) is 5.43 Å². The Morgan fingerprint density at radius 2 is 2.00 bits per heavy atom. The van der Waals surface area contributed by atoms with E-state index in [1.54, 1.807) is 0 Å². The summed E-state index contributed by atoms with van der Waals surface area (Å²) in [5.41, 5.74) is -2.26. The summed E-state index contributed by atoms with van der Waals surface area (Å²) in [4.78, 5) is -0.0854. The van der Waals surface area contributed by atoms with Crippen molar-refractivity contribution in [2.45, 2.75) is 10.4 Å². The third kappa shape index (κ3) is 3.00. The zero-order valence-corrected chi connectivity index (χ0v) is 7.62. The van der Waals surface area contributed by atoms with Crippen LogP contribution in [0.4, 0.5) is 18.9 Å². The molecule has 0 heterocycles. The average molecular weight is 224 g/mol. The van der Waals surface area contributed by atoms with Crippen LogP contribution in [0.5, 0.6) is 5.75 Å². The van der Waals surface area contributed by atoms with Gasteiger partial charge >= 0.3 is 5.51 Å². The van der Waals surface area contributed by atoms with E-state index in [0.717, 1.165) is 18.2 Å². The van der Waals surface area contributed by atoms with E-state index in [2.05, 4.69) is 5.43 Å². The van der Waals surface area contributed by atoms with Crippen molar-refractivity contribution < 1.29 is 18.3 Å². The third-order valence-electron chi connectivity index (χ3n) is 1.34. The van der Waals surface area contributed by atoms with Gasteiger partial charge in [0.2, 0.25) is 0 Å². The number of hydrazine groups is 1. The van der Waals surface area contributed by atoms with E-state index in [1.807, 2.05) is 0 Å². The molecule has 0 aliphatic rings. The van der Waals surface area contributed by atoms with Gasteiger partial charge in [-0.2, -0.15) is 13.2 Å². The minimum Gasteiger partial charge on any atom is -0.508 e. The summed E-state index contributed by atoms with van der Waals surface area (Å²) in [6.07, 6.45) is 0. The molecule has 0 unspecified atom stereocenters. The van der Waals surface area contributed by atoms with E-state index in [0.29, 0.717) is 0 Å². The minimum atomic E-state index is -4.37. The van der Waals surface area contributed by atoms with Crippen LogP contribution in [0.15, 0.2) is 23.1 Å². The Hall–Kier alpha value is -1.08. The molecule has 14 heavy (non-hydrogen) atoms. The zero-order valence-electron chi connectivity index (χ0n) is 6.80. The molecule has 0 atom stereocenters. The summed E-state index contributed by atoms with van der Waals surface area (Å²) in [5.74, 6) is 4.85. The predicted octanol–water partition coefficient (Wildman–Crippen LogP) is 2.29. The standard InChI is InChI=1S/C7H7F3N2OS/c8-7(9,10)14-6-2-1-4(13)3-5(6)12-11/h1-3,12-13H,11H2. The Morgan fingerprint density at radius 3 is 2.50 bits per heavy atom. The highest BCUT2D eigenvalue weighted by Gasteiger charge is 2.30. The number of hydrogen-bond donors (Lipinski definition) is 3. The van der Waals surface area contributed by atoms with Gasteiger partial charge in [-0.1, -0.05) is 0 Å². The zero-order chi connectivity index (χ0) is 10.8. The van der Waals surface area contributed by atoms with Crippen LogP contribution in [0.3, 0.4) is 0 Å². The number of nitrogens with one attached hydrogen (secondary N) is 1. The van der Waals surface area contributed by atoms with Gasteiger partial charge in [0.15, 0.2) is 0 Å². The molecule has 0 radical (unpaired) electrons. The van der Waals surface area contributed by atoms with Crippen LogP contribution in [0, 0.1) is 0 Å². The second kappa shape index (κ2) is 3.97. The van der Waals surface area contributed by atoms with E-state index in [-0.39, 0.29) is 28.1 Å². The molecule has 0 aliphatic heterocycles. The van der Waals surface area contributed by atoms with Crippen LogP contribution in [0.1, 0.15) is 0 Å². The molecule has 0 saturated carbocycles. The first kappa shape index (κ1) is 11.0. The average Bonchev–Trinajstić information content (AvgIpc) is 2.06. The van der Waals surface area contributed by atoms with Gasteiger partial charge in [0.1, 0.15) is 5.75 Å². The summed E-state index contributed by atoms with van der Waals surface area (Å²) in [6.45, 7) is 0. The summed E-state index contributed by atoms with van der Waals surface area (Å²) in [5, 5.41) is 8.98. The van der Waals surface area contributed by atoms with Crippen molar-refractivity contribution >= 4 is 17.4 Å².